The Kier molecular flexibility index (Phi) is 5.60. The molecule has 0 radical (unpaired) electrons. The maximum Gasteiger partial charge on any atom is 0.419 e. The van der Waals surface area contributed by atoms with Crippen LogP contribution in [0, 0.1) is 0 Å². The number of oxazole rings is 1. The summed E-state index contributed by atoms with van der Waals surface area (Å²) in [5.74, 6) is -0.790. The molecule has 0 unspecified atom stereocenters. The number of nitrogens with zero attached hydrogens (tertiary/aromatic N) is 1. The number of hydrogen-bond donors (Lipinski definition) is 3. The van der Waals surface area contributed by atoms with Gasteiger partial charge in [0.1, 0.15) is 0 Å². The van der Waals surface area contributed by atoms with E-state index in [0.29, 0.717) is 27.3 Å². The summed E-state index contributed by atoms with van der Waals surface area (Å²) in [5.41, 5.74) is 6.23. The maximum absolute atomic E-state index is 12.0. The van der Waals surface area contributed by atoms with Gasteiger partial charge in [-0.05, 0) is 37.2 Å². The highest BCUT2D eigenvalue weighted by Crippen LogP contribution is 2.18. The Morgan fingerprint density at radius 3 is 2.84 bits per heavy atom. The topological polar surface area (TPSA) is 88.3 Å². The van der Waals surface area contributed by atoms with Crippen LogP contribution in [0.4, 0.5) is 0 Å². The van der Waals surface area contributed by atoms with E-state index in [2.05, 4.69) is 16.2 Å². The van der Waals surface area contributed by atoms with Gasteiger partial charge in [-0.2, -0.15) is 0 Å². The second-order valence-electron chi connectivity index (χ2n) is 6.01. The van der Waals surface area contributed by atoms with Crippen molar-refractivity contribution in [3.8, 4) is 0 Å². The maximum atomic E-state index is 12.0. The van der Waals surface area contributed by atoms with Crippen molar-refractivity contribution in [2.75, 3.05) is 0 Å². The monoisotopic (exact) mass is 382 g/mol. The summed E-state index contributed by atoms with van der Waals surface area (Å²) < 4.78 is 6.53. The van der Waals surface area contributed by atoms with Gasteiger partial charge in [0.05, 0.1) is 5.52 Å². The van der Waals surface area contributed by atoms with Gasteiger partial charge in [-0.15, -0.1) is 0 Å². The van der Waals surface area contributed by atoms with Crippen molar-refractivity contribution < 1.29 is 9.21 Å². The first-order chi connectivity index (χ1) is 12.0. The fourth-order valence-electron chi connectivity index (χ4n) is 2.95. The van der Waals surface area contributed by atoms with E-state index in [1.807, 2.05) is 0 Å². The van der Waals surface area contributed by atoms with Gasteiger partial charge in [0.2, 0.25) is 5.91 Å². The Morgan fingerprint density at radius 1 is 1.32 bits per heavy atom. The van der Waals surface area contributed by atoms with E-state index in [1.165, 1.54) is 17.4 Å². The minimum absolute atomic E-state index is 0.107. The fraction of sp³-hybridized carbons (Fsp3) is 0.438. The normalized spacial score (nSPS) is 14.6. The molecule has 1 aromatic carbocycles. The van der Waals surface area contributed by atoms with Crippen molar-refractivity contribution in [2.45, 2.75) is 44.7 Å². The number of aromatic nitrogens is 1. The molecule has 1 fully saturated rings. The number of nitrogens with one attached hydrogen (secondary N) is 3. The summed E-state index contributed by atoms with van der Waals surface area (Å²) in [6.07, 6.45) is 4.69. The van der Waals surface area contributed by atoms with Crippen LogP contribution in [0.25, 0.3) is 11.1 Å². The van der Waals surface area contributed by atoms with Gasteiger partial charge < -0.3 is 9.73 Å². The van der Waals surface area contributed by atoms with E-state index < -0.39 is 5.76 Å². The van der Waals surface area contributed by atoms with Gasteiger partial charge in [0, 0.05) is 30.1 Å². The van der Waals surface area contributed by atoms with E-state index in [9.17, 15) is 9.59 Å². The lowest BCUT2D eigenvalue weighted by atomic mass is 10.3. The summed E-state index contributed by atoms with van der Waals surface area (Å²) in [7, 11) is 0. The van der Waals surface area contributed by atoms with Crippen molar-refractivity contribution in [1.82, 2.24) is 20.7 Å². The largest absolute Gasteiger partial charge is 0.419 e. The second kappa shape index (κ2) is 7.88. The molecule has 0 atom stereocenters. The number of halogens is 1. The number of carbonyl (C=O) groups is 1. The molecule has 0 bridgehead atoms. The molecular formula is C16H19ClN4O3S. The summed E-state index contributed by atoms with van der Waals surface area (Å²) >= 11 is 11.0. The smallest absolute Gasteiger partial charge is 0.408 e. The van der Waals surface area contributed by atoms with Gasteiger partial charge in [-0.25, -0.2) is 4.79 Å². The second-order valence-corrected chi connectivity index (χ2v) is 6.85. The SMILES string of the molecule is O=C(CCn1c(=O)oc2cc(Cl)ccc21)NNC(=S)NC1CCCC1. The number of thiocarbonyl (C=S) groups is 1. The van der Waals surface area contributed by atoms with Crippen molar-refractivity contribution in [3.63, 3.8) is 0 Å². The van der Waals surface area contributed by atoms with E-state index >= 15 is 0 Å². The van der Waals surface area contributed by atoms with Crippen LogP contribution in [0.15, 0.2) is 27.4 Å². The summed E-state index contributed by atoms with van der Waals surface area (Å²) in [6, 6.07) is 5.31. The average molecular weight is 383 g/mol. The molecule has 134 valence electrons. The molecular weight excluding hydrogens is 364 g/mol. The van der Waals surface area contributed by atoms with Crippen LogP contribution in [0.1, 0.15) is 32.1 Å². The Labute approximate surface area is 154 Å². The standard InChI is InChI=1S/C16H19ClN4O3S/c17-10-5-6-12-13(9-10)24-16(23)21(12)8-7-14(22)19-20-15(25)18-11-3-1-2-4-11/h5-6,9,11H,1-4,7-8H2,(H,19,22)(H2,18,20,25). The summed E-state index contributed by atoms with van der Waals surface area (Å²) in [6.45, 7) is 0.198. The molecule has 7 nitrogen and oxygen atoms in total. The van der Waals surface area contributed by atoms with Crippen molar-refractivity contribution in [2.24, 2.45) is 0 Å². The lowest BCUT2D eigenvalue weighted by molar-refractivity contribution is -0.121. The zero-order valence-corrected chi connectivity index (χ0v) is 15.1. The molecule has 2 aromatic rings. The van der Waals surface area contributed by atoms with E-state index in [-0.39, 0.29) is 18.9 Å². The van der Waals surface area contributed by atoms with Crippen LogP contribution >= 0.6 is 23.8 Å². The summed E-state index contributed by atoms with van der Waals surface area (Å²) in [5, 5.41) is 4.05. The molecule has 1 heterocycles. The number of carbonyl (C=O) groups excluding carboxylic acids is 1. The third kappa shape index (κ3) is 4.52. The van der Waals surface area contributed by atoms with Crippen LogP contribution in [-0.2, 0) is 11.3 Å². The van der Waals surface area contributed by atoms with Crippen LogP contribution in [0.2, 0.25) is 5.02 Å². The molecule has 0 spiro atoms. The quantitative estimate of drug-likeness (QED) is 0.554. The lowest BCUT2D eigenvalue weighted by Crippen LogP contribution is -2.49. The minimum Gasteiger partial charge on any atom is -0.408 e. The van der Waals surface area contributed by atoms with Crippen molar-refractivity contribution in [3.05, 3.63) is 33.8 Å². The highest BCUT2D eigenvalue weighted by Gasteiger charge is 2.16. The first-order valence-electron chi connectivity index (χ1n) is 8.17. The molecule has 3 N–H and O–H groups in total. The number of fused-ring (bicyclic) bond motifs is 1. The molecule has 1 aromatic heterocycles. The summed E-state index contributed by atoms with van der Waals surface area (Å²) in [4.78, 5) is 23.9. The number of aryl methyl sites for hydroxylation is 1. The Balaban J connectivity index is 1.50. The first-order valence-corrected chi connectivity index (χ1v) is 8.96. The Hall–Kier alpha value is -2.06. The molecule has 3 rings (SSSR count). The molecule has 1 aliphatic rings. The molecule has 1 amide bonds. The van der Waals surface area contributed by atoms with Gasteiger partial charge in [0.25, 0.3) is 0 Å². The van der Waals surface area contributed by atoms with E-state index in [4.69, 9.17) is 28.2 Å². The lowest BCUT2D eigenvalue weighted by Gasteiger charge is -2.16. The zero-order chi connectivity index (χ0) is 17.8. The molecule has 0 saturated heterocycles. The number of hydrazine groups is 1. The van der Waals surface area contributed by atoms with Crippen molar-refractivity contribution in [1.29, 1.82) is 0 Å². The van der Waals surface area contributed by atoms with Gasteiger partial charge in [-0.3, -0.25) is 20.2 Å². The fourth-order valence-corrected chi connectivity index (χ4v) is 3.33. The van der Waals surface area contributed by atoms with Crippen LogP contribution in [0.3, 0.4) is 0 Å². The number of benzene rings is 1. The third-order valence-corrected chi connectivity index (χ3v) is 4.65. The molecule has 1 aliphatic carbocycles. The number of amides is 1. The van der Waals surface area contributed by atoms with Crippen LogP contribution < -0.4 is 21.9 Å². The Morgan fingerprint density at radius 2 is 2.08 bits per heavy atom. The predicted octanol–water partition coefficient (Wildman–Crippen LogP) is 2.08. The number of hydrogen-bond acceptors (Lipinski definition) is 4. The highest BCUT2D eigenvalue weighted by atomic mass is 35.5. The van der Waals surface area contributed by atoms with Crippen molar-refractivity contribution >= 4 is 45.9 Å². The highest BCUT2D eigenvalue weighted by molar-refractivity contribution is 7.80. The predicted molar refractivity (Wildman–Crippen MR) is 99.4 cm³/mol. The molecule has 25 heavy (non-hydrogen) atoms. The molecule has 9 heteroatoms. The van der Waals surface area contributed by atoms with Gasteiger partial charge in [0.15, 0.2) is 10.7 Å². The zero-order valence-electron chi connectivity index (χ0n) is 13.5. The third-order valence-electron chi connectivity index (χ3n) is 4.20. The van der Waals surface area contributed by atoms with E-state index in [1.54, 1.807) is 18.2 Å². The number of rotatable bonds is 4. The van der Waals surface area contributed by atoms with Crippen LogP contribution in [0.5, 0.6) is 0 Å². The minimum atomic E-state index is -0.517. The van der Waals surface area contributed by atoms with E-state index in [0.717, 1.165) is 12.8 Å². The first kappa shape index (κ1) is 17.8. The van der Waals surface area contributed by atoms with Gasteiger partial charge >= 0.3 is 5.76 Å². The molecule has 0 aliphatic heterocycles. The van der Waals surface area contributed by atoms with Crippen LogP contribution in [-0.4, -0.2) is 21.6 Å². The average Bonchev–Trinajstić information content (AvgIpc) is 3.17. The van der Waals surface area contributed by atoms with Gasteiger partial charge in [-0.1, -0.05) is 24.4 Å². The molecule has 1 saturated carbocycles. The Bertz CT molecular complexity index is 842.